The molecule has 0 bridgehead atoms. The zero-order valence-electron chi connectivity index (χ0n) is 31.2. The van der Waals surface area contributed by atoms with E-state index in [4.69, 9.17) is 14.0 Å². The predicted molar refractivity (Wildman–Crippen MR) is 196 cm³/mol. The van der Waals surface area contributed by atoms with Crippen molar-refractivity contribution in [3.8, 4) is 0 Å². The van der Waals surface area contributed by atoms with Gasteiger partial charge in [-0.1, -0.05) is 46.7 Å². The molecule has 13 nitrogen and oxygen atoms in total. The van der Waals surface area contributed by atoms with Crippen LogP contribution in [0.25, 0.3) is 0 Å². The topological polar surface area (TPSA) is 184 Å². The van der Waals surface area contributed by atoms with Crippen molar-refractivity contribution in [2.24, 2.45) is 11.8 Å². The lowest BCUT2D eigenvalue weighted by Gasteiger charge is -2.28. The molecule has 2 aromatic rings. The lowest BCUT2D eigenvalue weighted by molar-refractivity contribution is -0.118. The number of sulfone groups is 2. The minimum Gasteiger partial charge on any atom is -0.381 e. The number of hydrogen-bond donors (Lipinski definition) is 2. The molecule has 2 fully saturated rings. The van der Waals surface area contributed by atoms with Crippen molar-refractivity contribution in [1.82, 2.24) is 10.1 Å². The molecule has 0 atom stereocenters. The lowest BCUT2D eigenvalue weighted by atomic mass is 9.93. The van der Waals surface area contributed by atoms with E-state index < -0.39 is 41.0 Å². The second-order valence-electron chi connectivity index (χ2n) is 16.2. The van der Waals surface area contributed by atoms with Gasteiger partial charge < -0.3 is 24.6 Å². The molecule has 2 N–H and O–H groups in total. The Kier molecular flexibility index (Phi) is 13.5. The third-order valence-corrected chi connectivity index (χ3v) is 15.3. The number of carbonyl (C=O) groups is 2. The van der Waals surface area contributed by atoms with E-state index >= 15 is 0 Å². The highest BCUT2D eigenvalue weighted by molar-refractivity contribution is 7.93. The Morgan fingerprint density at radius 3 is 1.56 bits per heavy atom. The fourth-order valence-corrected chi connectivity index (χ4v) is 9.36. The van der Waals surface area contributed by atoms with Gasteiger partial charge in [0.25, 0.3) is 0 Å². The summed E-state index contributed by atoms with van der Waals surface area (Å²) in [6, 6.07) is 1.62. The van der Waals surface area contributed by atoms with E-state index in [0.29, 0.717) is 50.2 Å². The minimum absolute atomic E-state index is 0.0111. The Morgan fingerprint density at radius 1 is 0.740 bits per heavy atom. The quantitative estimate of drug-likeness (QED) is 0.311. The number of aromatic nitrogens is 2. The first-order chi connectivity index (χ1) is 22.9. The summed E-state index contributed by atoms with van der Waals surface area (Å²) in [4.78, 5) is 29.6. The van der Waals surface area contributed by atoms with Crippen LogP contribution in [0.3, 0.4) is 0 Å². The van der Waals surface area contributed by atoms with Crippen LogP contribution in [0.1, 0.15) is 106 Å². The second-order valence-corrected chi connectivity index (χ2v) is 22.2. The molecule has 0 saturated carbocycles. The summed E-state index contributed by atoms with van der Waals surface area (Å²) in [6.45, 7) is 20.1. The van der Waals surface area contributed by atoms with Crippen LogP contribution in [0.15, 0.2) is 16.0 Å². The fraction of sp³-hybridized carbons (Fsp3) is 0.765. The van der Waals surface area contributed by atoms with Gasteiger partial charge in [0.1, 0.15) is 15.3 Å². The molecule has 50 heavy (non-hydrogen) atoms. The van der Waals surface area contributed by atoms with Crippen molar-refractivity contribution >= 4 is 53.8 Å². The maximum absolute atomic E-state index is 12.8. The summed E-state index contributed by atoms with van der Waals surface area (Å²) in [6.07, 6.45) is 2.85. The van der Waals surface area contributed by atoms with Gasteiger partial charge in [-0.2, -0.15) is 0 Å². The van der Waals surface area contributed by atoms with Crippen LogP contribution in [0.2, 0.25) is 0 Å². The second kappa shape index (κ2) is 16.1. The summed E-state index contributed by atoms with van der Waals surface area (Å²) in [7, 11) is -7.22. The van der Waals surface area contributed by atoms with E-state index in [1.165, 1.54) is 39.0 Å². The van der Waals surface area contributed by atoms with Crippen molar-refractivity contribution in [2.75, 3.05) is 48.6 Å². The highest BCUT2D eigenvalue weighted by atomic mass is 32.2. The summed E-state index contributed by atoms with van der Waals surface area (Å²) >= 11 is 1.31. The molecule has 2 amide bonds. The maximum Gasteiger partial charge on any atom is 0.247 e. The Morgan fingerprint density at radius 2 is 1.18 bits per heavy atom. The molecule has 0 aliphatic carbocycles. The normalized spacial score (nSPS) is 17.5. The van der Waals surface area contributed by atoms with E-state index in [1.807, 2.05) is 46.9 Å². The molecule has 0 unspecified atom stereocenters. The molecular weight excluding hydrogens is 705 g/mol. The Labute approximate surface area is 301 Å². The van der Waals surface area contributed by atoms with Gasteiger partial charge in [-0.3, -0.25) is 9.59 Å². The van der Waals surface area contributed by atoms with Gasteiger partial charge in [-0.25, -0.2) is 21.8 Å². The zero-order valence-corrected chi connectivity index (χ0v) is 33.6. The van der Waals surface area contributed by atoms with Crippen molar-refractivity contribution < 1.29 is 40.4 Å². The fourth-order valence-electron chi connectivity index (χ4n) is 5.02. The van der Waals surface area contributed by atoms with Crippen LogP contribution in [0.4, 0.5) is 10.9 Å². The molecule has 0 radical (unpaired) electrons. The van der Waals surface area contributed by atoms with Crippen LogP contribution in [0, 0.1) is 11.8 Å². The van der Waals surface area contributed by atoms with Crippen LogP contribution in [-0.2, 0) is 49.6 Å². The number of nitrogens with zero attached hydrogens (tertiary/aromatic N) is 2. The molecule has 2 aliphatic rings. The number of rotatable bonds is 10. The van der Waals surface area contributed by atoms with Crippen LogP contribution in [0.5, 0.6) is 0 Å². The van der Waals surface area contributed by atoms with Crippen molar-refractivity contribution in [3.63, 3.8) is 0 Å². The summed E-state index contributed by atoms with van der Waals surface area (Å²) in [5.41, 5.74) is 0.501. The number of anilines is 2. The van der Waals surface area contributed by atoms with Crippen molar-refractivity contribution in [2.45, 2.75) is 115 Å². The number of thiazole rings is 1. The molecule has 16 heteroatoms. The van der Waals surface area contributed by atoms with E-state index in [-0.39, 0.29) is 40.0 Å². The van der Waals surface area contributed by atoms with Crippen molar-refractivity contribution in [3.05, 3.63) is 22.9 Å². The number of ether oxygens (including phenoxy) is 2. The number of nitrogens with one attached hydrogen (secondary N) is 2. The highest BCUT2D eigenvalue weighted by Crippen LogP contribution is 2.30. The molecular formula is C34H56N4O9S3. The standard InChI is InChI=1S/C17H28N2O5S.C17H28N2O4S2/c1-16(2,3)13-10-14(19-24-13)18-15(20)17(4,5)25(21,22)11-12-6-8-23-9-7-12;1-16(2,3)13-10-24-15(18-13)19-14(20)17(4,5)25(21,22)11-12-6-8-23-9-7-12/h2*10,12H,6-9,11H2,1-5H3,(H,18,19,20). The van der Waals surface area contributed by atoms with Gasteiger partial charge in [-0.15, -0.1) is 11.3 Å². The Balaban J connectivity index is 0.000000270. The summed E-state index contributed by atoms with van der Waals surface area (Å²) in [5.74, 6) is -0.203. The van der Waals surface area contributed by atoms with Gasteiger partial charge in [-0.05, 0) is 65.2 Å². The highest BCUT2D eigenvalue weighted by Gasteiger charge is 2.44. The molecule has 4 rings (SSSR count). The number of amides is 2. The first-order valence-electron chi connectivity index (χ1n) is 17.0. The van der Waals surface area contributed by atoms with E-state index in [0.717, 1.165) is 18.5 Å². The monoisotopic (exact) mass is 760 g/mol. The zero-order chi connectivity index (χ0) is 37.8. The predicted octanol–water partition coefficient (Wildman–Crippen LogP) is 5.53. The van der Waals surface area contributed by atoms with E-state index in [9.17, 15) is 26.4 Å². The molecule has 284 valence electrons. The molecule has 0 spiro atoms. The van der Waals surface area contributed by atoms with Crippen LogP contribution < -0.4 is 10.6 Å². The lowest BCUT2D eigenvalue weighted by Crippen LogP contribution is -2.47. The van der Waals surface area contributed by atoms with Crippen LogP contribution >= 0.6 is 11.3 Å². The molecule has 2 aromatic heterocycles. The summed E-state index contributed by atoms with van der Waals surface area (Å²) < 4.78 is 63.8. The van der Waals surface area contributed by atoms with Gasteiger partial charge in [0, 0.05) is 48.7 Å². The van der Waals surface area contributed by atoms with Gasteiger partial charge in [0.15, 0.2) is 30.6 Å². The Hall–Kier alpha value is -2.40. The molecule has 2 aliphatic heterocycles. The SMILES string of the molecule is CC(C)(C)c1cc(NC(=O)C(C)(C)S(=O)(=O)CC2CCOCC2)no1.CC(C)(C)c1csc(NC(=O)C(C)(C)S(=O)(=O)CC2CCOCC2)n1. The van der Waals surface area contributed by atoms with Crippen LogP contribution in [-0.4, -0.2) is 86.2 Å². The van der Waals surface area contributed by atoms with Gasteiger partial charge in [0.05, 0.1) is 17.2 Å². The molecule has 2 saturated heterocycles. The van der Waals surface area contributed by atoms with Gasteiger partial charge >= 0.3 is 0 Å². The molecule has 4 heterocycles. The number of carbonyl (C=O) groups excluding carboxylic acids is 2. The van der Waals surface area contributed by atoms with Crippen molar-refractivity contribution in [1.29, 1.82) is 0 Å². The first-order valence-corrected chi connectivity index (χ1v) is 21.2. The average Bonchev–Trinajstić information content (AvgIpc) is 3.68. The smallest absolute Gasteiger partial charge is 0.247 e. The third-order valence-electron chi connectivity index (χ3n) is 9.22. The Bertz CT molecular complexity index is 1550. The van der Waals surface area contributed by atoms with E-state index in [2.05, 4.69) is 20.8 Å². The average molecular weight is 761 g/mol. The summed E-state index contributed by atoms with van der Waals surface area (Å²) in [5, 5.41) is 11.4. The number of hydrogen-bond acceptors (Lipinski definition) is 12. The van der Waals surface area contributed by atoms with Gasteiger partial charge in [0.2, 0.25) is 11.8 Å². The largest absolute Gasteiger partial charge is 0.381 e. The third kappa shape index (κ3) is 10.8. The minimum atomic E-state index is -3.63. The maximum atomic E-state index is 12.8. The van der Waals surface area contributed by atoms with E-state index in [1.54, 1.807) is 6.07 Å². The first kappa shape index (κ1) is 42.0. The molecule has 0 aromatic carbocycles.